The van der Waals surface area contributed by atoms with E-state index in [1.807, 2.05) is 20.8 Å². The zero-order valence-electron chi connectivity index (χ0n) is 14.0. The van der Waals surface area contributed by atoms with Gasteiger partial charge in [-0.2, -0.15) is 0 Å². The molecule has 0 spiro atoms. The molecule has 2 amide bonds. The van der Waals surface area contributed by atoms with Gasteiger partial charge in [0.15, 0.2) is 0 Å². The largest absolute Gasteiger partial charge is 0.444 e. The fourth-order valence-corrected chi connectivity index (χ4v) is 2.61. The number of carbonyl (C=O) groups is 2. The van der Waals surface area contributed by atoms with Crippen molar-refractivity contribution in [2.24, 2.45) is 0 Å². The summed E-state index contributed by atoms with van der Waals surface area (Å²) >= 11 is 0. The monoisotopic (exact) mass is 319 g/mol. The minimum Gasteiger partial charge on any atom is -0.444 e. The van der Waals surface area contributed by atoms with Crippen LogP contribution in [0.4, 0.5) is 4.79 Å². The average Bonchev–Trinajstić information content (AvgIpc) is 2.48. The van der Waals surface area contributed by atoms with Gasteiger partial charge < -0.3 is 15.4 Å². The minimum atomic E-state index is -0.488. The van der Waals surface area contributed by atoms with Crippen molar-refractivity contribution in [1.29, 1.82) is 0 Å². The van der Waals surface area contributed by atoms with Crippen LogP contribution in [0.25, 0.3) is 0 Å². The summed E-state index contributed by atoms with van der Waals surface area (Å²) in [5.74, 6) is -0.144. The van der Waals surface area contributed by atoms with Crippen LogP contribution in [0.15, 0.2) is 24.4 Å². The molecule has 0 unspecified atom stereocenters. The maximum absolute atomic E-state index is 12.1. The van der Waals surface area contributed by atoms with Crippen molar-refractivity contribution < 1.29 is 14.3 Å². The van der Waals surface area contributed by atoms with E-state index in [2.05, 4.69) is 15.6 Å². The Morgan fingerprint density at radius 1 is 1.09 bits per heavy atom. The predicted octanol–water partition coefficient (Wildman–Crippen LogP) is 2.65. The number of rotatable bonds is 3. The third-order valence-corrected chi connectivity index (χ3v) is 3.68. The molecule has 2 N–H and O–H groups in total. The summed E-state index contributed by atoms with van der Waals surface area (Å²) in [6, 6.07) is 5.51. The number of ether oxygens (including phenoxy) is 1. The van der Waals surface area contributed by atoms with Crippen LogP contribution in [0.5, 0.6) is 0 Å². The molecule has 1 aliphatic rings. The highest BCUT2D eigenvalue weighted by atomic mass is 16.6. The molecular formula is C17H25N3O3. The molecule has 0 atom stereocenters. The molecule has 0 bridgehead atoms. The van der Waals surface area contributed by atoms with E-state index in [1.54, 1.807) is 24.4 Å². The van der Waals surface area contributed by atoms with Crippen molar-refractivity contribution in [2.75, 3.05) is 0 Å². The maximum Gasteiger partial charge on any atom is 0.407 e. The highest BCUT2D eigenvalue weighted by Crippen LogP contribution is 2.19. The zero-order chi connectivity index (χ0) is 16.9. The van der Waals surface area contributed by atoms with Crippen LogP contribution in [0.1, 0.15) is 56.9 Å². The molecule has 126 valence electrons. The van der Waals surface area contributed by atoms with E-state index in [0.717, 1.165) is 25.7 Å². The molecule has 1 saturated carbocycles. The number of amides is 2. The second-order valence-electron chi connectivity index (χ2n) is 6.88. The second-order valence-corrected chi connectivity index (χ2v) is 6.88. The first-order chi connectivity index (χ1) is 10.8. The van der Waals surface area contributed by atoms with Crippen LogP contribution >= 0.6 is 0 Å². The molecule has 6 heteroatoms. The maximum atomic E-state index is 12.1. The molecule has 23 heavy (non-hydrogen) atoms. The van der Waals surface area contributed by atoms with Gasteiger partial charge in [-0.1, -0.05) is 6.07 Å². The van der Waals surface area contributed by atoms with Gasteiger partial charge in [0.05, 0.1) is 0 Å². The molecule has 0 saturated heterocycles. The molecule has 1 fully saturated rings. The topological polar surface area (TPSA) is 80.3 Å². The number of nitrogens with zero attached hydrogens (tertiary/aromatic N) is 1. The fraction of sp³-hybridized carbons (Fsp3) is 0.588. The van der Waals surface area contributed by atoms with E-state index in [-0.39, 0.29) is 24.1 Å². The first kappa shape index (κ1) is 17.2. The third-order valence-electron chi connectivity index (χ3n) is 3.68. The Bertz CT molecular complexity index is 532. The fourth-order valence-electron chi connectivity index (χ4n) is 2.61. The number of hydrogen-bond acceptors (Lipinski definition) is 4. The van der Waals surface area contributed by atoms with E-state index in [4.69, 9.17) is 4.74 Å². The van der Waals surface area contributed by atoms with Gasteiger partial charge in [-0.3, -0.25) is 9.78 Å². The molecule has 1 aromatic heterocycles. The zero-order valence-corrected chi connectivity index (χ0v) is 14.0. The van der Waals surface area contributed by atoms with Gasteiger partial charge >= 0.3 is 6.09 Å². The number of alkyl carbamates (subject to hydrolysis) is 1. The highest BCUT2D eigenvalue weighted by molar-refractivity contribution is 5.92. The van der Waals surface area contributed by atoms with Gasteiger partial charge in [-0.25, -0.2) is 4.79 Å². The molecule has 1 aliphatic carbocycles. The summed E-state index contributed by atoms with van der Waals surface area (Å²) < 4.78 is 5.26. The molecular weight excluding hydrogens is 294 g/mol. The van der Waals surface area contributed by atoms with Crippen molar-refractivity contribution in [3.05, 3.63) is 30.1 Å². The second kappa shape index (κ2) is 7.44. The van der Waals surface area contributed by atoms with Crippen molar-refractivity contribution >= 4 is 12.0 Å². The van der Waals surface area contributed by atoms with Gasteiger partial charge in [0, 0.05) is 18.3 Å². The number of hydrogen-bond donors (Lipinski definition) is 2. The van der Waals surface area contributed by atoms with Crippen molar-refractivity contribution in [3.63, 3.8) is 0 Å². The molecule has 2 rings (SSSR count). The summed E-state index contributed by atoms with van der Waals surface area (Å²) in [7, 11) is 0. The minimum absolute atomic E-state index is 0.104. The van der Waals surface area contributed by atoms with Crippen molar-refractivity contribution in [2.45, 2.75) is 64.1 Å². The summed E-state index contributed by atoms with van der Waals surface area (Å²) in [5.41, 5.74) is -0.0562. The Hall–Kier alpha value is -2.11. The molecule has 0 aliphatic heterocycles. The first-order valence-electron chi connectivity index (χ1n) is 8.05. The smallest absolute Gasteiger partial charge is 0.407 e. The van der Waals surface area contributed by atoms with E-state index < -0.39 is 5.60 Å². The van der Waals surface area contributed by atoms with Crippen LogP contribution < -0.4 is 10.6 Å². The van der Waals surface area contributed by atoms with Gasteiger partial charge in [-0.05, 0) is 58.6 Å². The first-order valence-corrected chi connectivity index (χ1v) is 8.05. The Balaban J connectivity index is 1.74. The van der Waals surface area contributed by atoms with Gasteiger partial charge in [0.25, 0.3) is 5.91 Å². The third kappa shape index (κ3) is 5.88. The summed E-state index contributed by atoms with van der Waals surface area (Å²) in [6.07, 6.45) is 4.55. The Morgan fingerprint density at radius 3 is 2.22 bits per heavy atom. The molecule has 6 nitrogen and oxygen atoms in total. The van der Waals surface area contributed by atoms with E-state index in [1.165, 1.54) is 0 Å². The number of aromatic nitrogens is 1. The standard InChI is InChI=1S/C17H25N3O3/c1-17(2,3)23-16(22)20-13-9-7-12(8-10-13)19-15(21)14-6-4-5-11-18-14/h4-6,11-13H,7-10H2,1-3H3,(H,19,21)(H,20,22). The van der Waals surface area contributed by atoms with Crippen LogP contribution in [-0.4, -0.2) is 34.7 Å². The Labute approximate surface area is 137 Å². The van der Waals surface area contributed by atoms with Gasteiger partial charge in [0.1, 0.15) is 11.3 Å². The molecule has 0 radical (unpaired) electrons. The highest BCUT2D eigenvalue weighted by Gasteiger charge is 2.25. The van der Waals surface area contributed by atoms with Crippen molar-refractivity contribution in [1.82, 2.24) is 15.6 Å². The lowest BCUT2D eigenvalue weighted by atomic mass is 9.91. The number of carbonyl (C=O) groups excluding carboxylic acids is 2. The van der Waals surface area contributed by atoms with Gasteiger partial charge in [0.2, 0.25) is 0 Å². The summed E-state index contributed by atoms with van der Waals surface area (Å²) in [5, 5.41) is 5.90. The van der Waals surface area contributed by atoms with Gasteiger partial charge in [-0.15, -0.1) is 0 Å². The van der Waals surface area contributed by atoms with Crippen LogP contribution in [0.2, 0.25) is 0 Å². The summed E-state index contributed by atoms with van der Waals surface area (Å²) in [4.78, 5) is 27.9. The molecule has 1 aromatic rings. The normalized spacial score (nSPS) is 21.3. The summed E-state index contributed by atoms with van der Waals surface area (Å²) in [6.45, 7) is 5.53. The van der Waals surface area contributed by atoms with E-state index in [9.17, 15) is 9.59 Å². The number of pyridine rings is 1. The van der Waals surface area contributed by atoms with Crippen LogP contribution in [-0.2, 0) is 4.74 Å². The number of nitrogens with one attached hydrogen (secondary N) is 2. The van der Waals surface area contributed by atoms with Crippen LogP contribution in [0, 0.1) is 0 Å². The van der Waals surface area contributed by atoms with Crippen LogP contribution in [0.3, 0.4) is 0 Å². The quantitative estimate of drug-likeness (QED) is 0.897. The SMILES string of the molecule is CC(C)(C)OC(=O)NC1CCC(NC(=O)c2ccccn2)CC1. The molecule has 0 aromatic carbocycles. The van der Waals surface area contributed by atoms with E-state index >= 15 is 0 Å². The van der Waals surface area contributed by atoms with Crippen molar-refractivity contribution in [3.8, 4) is 0 Å². The van der Waals surface area contributed by atoms with E-state index in [0.29, 0.717) is 5.69 Å². The lowest BCUT2D eigenvalue weighted by molar-refractivity contribution is 0.0488. The lowest BCUT2D eigenvalue weighted by Crippen LogP contribution is -2.45. The predicted molar refractivity (Wildman–Crippen MR) is 87.1 cm³/mol. The lowest BCUT2D eigenvalue weighted by Gasteiger charge is -2.30. The Kier molecular flexibility index (Phi) is 5.58. The Morgan fingerprint density at radius 2 is 1.70 bits per heavy atom. The molecule has 1 heterocycles. The average molecular weight is 319 g/mol.